The SMILES string of the molecule is N#Cc1ccnc(CONC2=CCN(S(=O)(=O)c3cccc(OC(F)(F)F)c3)CC2)c1. The van der Waals surface area contributed by atoms with E-state index in [1.807, 2.05) is 6.07 Å². The predicted octanol–water partition coefficient (Wildman–Crippen LogP) is 2.85. The molecule has 0 bridgehead atoms. The number of rotatable bonds is 7. The molecule has 1 aromatic heterocycles. The Morgan fingerprint density at radius 3 is 2.74 bits per heavy atom. The minimum absolute atomic E-state index is 0.0144. The Labute approximate surface area is 176 Å². The summed E-state index contributed by atoms with van der Waals surface area (Å²) in [5, 5.41) is 8.88. The summed E-state index contributed by atoms with van der Waals surface area (Å²) in [6, 6.07) is 9.42. The van der Waals surface area contributed by atoms with Gasteiger partial charge in [-0.15, -0.1) is 13.2 Å². The van der Waals surface area contributed by atoms with Crippen LogP contribution in [-0.2, 0) is 21.5 Å². The summed E-state index contributed by atoms with van der Waals surface area (Å²) in [7, 11) is -4.00. The van der Waals surface area contributed by atoms with Gasteiger partial charge >= 0.3 is 6.36 Å². The van der Waals surface area contributed by atoms with Crippen molar-refractivity contribution in [2.24, 2.45) is 0 Å². The van der Waals surface area contributed by atoms with Crippen molar-refractivity contribution >= 4 is 10.0 Å². The fourth-order valence-corrected chi connectivity index (χ4v) is 4.19. The first-order valence-electron chi connectivity index (χ1n) is 8.95. The second kappa shape index (κ2) is 9.34. The molecule has 0 amide bonds. The van der Waals surface area contributed by atoms with Crippen molar-refractivity contribution < 1.29 is 31.2 Å². The Balaban J connectivity index is 1.58. The molecular formula is C19H17F3N4O4S. The maximum absolute atomic E-state index is 12.7. The molecule has 0 unspecified atom stereocenters. The maximum atomic E-state index is 12.7. The molecule has 1 aliphatic rings. The van der Waals surface area contributed by atoms with Crippen LogP contribution >= 0.6 is 0 Å². The van der Waals surface area contributed by atoms with E-state index < -0.39 is 22.1 Å². The van der Waals surface area contributed by atoms with Gasteiger partial charge in [-0.05, 0) is 30.3 Å². The maximum Gasteiger partial charge on any atom is 0.573 e. The minimum Gasteiger partial charge on any atom is -0.406 e. The molecule has 1 aromatic carbocycles. The van der Waals surface area contributed by atoms with Gasteiger partial charge in [-0.25, -0.2) is 8.42 Å². The van der Waals surface area contributed by atoms with Gasteiger partial charge in [0.05, 0.1) is 22.2 Å². The van der Waals surface area contributed by atoms with Crippen molar-refractivity contribution in [2.45, 2.75) is 24.3 Å². The summed E-state index contributed by atoms with van der Waals surface area (Å²) in [6.07, 6.45) is -1.50. The molecule has 0 fully saturated rings. The minimum atomic E-state index is -4.91. The van der Waals surface area contributed by atoms with E-state index in [1.165, 1.54) is 18.3 Å². The van der Waals surface area contributed by atoms with Gasteiger partial charge in [-0.1, -0.05) is 6.07 Å². The van der Waals surface area contributed by atoms with Crippen LogP contribution < -0.4 is 10.2 Å². The fraction of sp³-hybridized carbons (Fsp3) is 0.263. The highest BCUT2D eigenvalue weighted by molar-refractivity contribution is 7.89. The number of nitriles is 1. The highest BCUT2D eigenvalue weighted by atomic mass is 32.2. The van der Waals surface area contributed by atoms with Gasteiger partial charge < -0.3 is 4.74 Å². The Bertz CT molecular complexity index is 1110. The van der Waals surface area contributed by atoms with Crippen LogP contribution in [0.15, 0.2) is 59.3 Å². The van der Waals surface area contributed by atoms with E-state index in [2.05, 4.69) is 15.2 Å². The molecule has 0 saturated carbocycles. The normalized spacial score (nSPS) is 15.1. The van der Waals surface area contributed by atoms with Gasteiger partial charge in [0.2, 0.25) is 10.0 Å². The van der Waals surface area contributed by atoms with E-state index in [1.54, 1.807) is 18.2 Å². The quantitative estimate of drug-likeness (QED) is 0.642. The molecule has 8 nitrogen and oxygen atoms in total. The lowest BCUT2D eigenvalue weighted by molar-refractivity contribution is -0.274. The molecule has 0 spiro atoms. The van der Waals surface area contributed by atoms with Crippen molar-refractivity contribution in [3.05, 3.63) is 65.6 Å². The van der Waals surface area contributed by atoms with Crippen molar-refractivity contribution in [1.82, 2.24) is 14.8 Å². The summed E-state index contributed by atoms with van der Waals surface area (Å²) < 4.78 is 67.6. The number of hydrogen-bond acceptors (Lipinski definition) is 7. The number of alkyl halides is 3. The smallest absolute Gasteiger partial charge is 0.406 e. The van der Waals surface area contributed by atoms with Crippen LogP contribution in [0.2, 0.25) is 0 Å². The van der Waals surface area contributed by atoms with Crippen LogP contribution in [0.5, 0.6) is 5.75 Å². The Kier molecular flexibility index (Phi) is 6.79. The van der Waals surface area contributed by atoms with Gasteiger partial charge in [0.15, 0.2) is 0 Å². The van der Waals surface area contributed by atoms with Gasteiger partial charge in [0, 0.05) is 37.5 Å². The molecule has 2 heterocycles. The van der Waals surface area contributed by atoms with E-state index >= 15 is 0 Å². The number of halogens is 3. The molecule has 0 aliphatic carbocycles. The first-order chi connectivity index (χ1) is 14.7. The number of benzene rings is 1. The summed E-state index contributed by atoms with van der Waals surface area (Å²) in [5.74, 6) is -0.606. The van der Waals surface area contributed by atoms with Crippen LogP contribution in [0.1, 0.15) is 17.7 Å². The van der Waals surface area contributed by atoms with Crippen LogP contribution in [0.4, 0.5) is 13.2 Å². The average Bonchev–Trinajstić information content (AvgIpc) is 2.73. The molecule has 164 valence electrons. The number of aromatic nitrogens is 1. The van der Waals surface area contributed by atoms with Crippen LogP contribution in [0.25, 0.3) is 0 Å². The topological polar surface area (TPSA) is 105 Å². The number of hydroxylamine groups is 1. The number of pyridine rings is 1. The van der Waals surface area contributed by atoms with Crippen LogP contribution in [0.3, 0.4) is 0 Å². The zero-order valence-electron chi connectivity index (χ0n) is 16.0. The average molecular weight is 454 g/mol. The lowest BCUT2D eigenvalue weighted by Gasteiger charge is -2.26. The van der Waals surface area contributed by atoms with E-state index in [0.29, 0.717) is 23.4 Å². The van der Waals surface area contributed by atoms with Crippen molar-refractivity contribution in [1.29, 1.82) is 5.26 Å². The lowest BCUT2D eigenvalue weighted by Crippen LogP contribution is -2.36. The third-order valence-corrected chi connectivity index (χ3v) is 6.08. The summed E-state index contributed by atoms with van der Waals surface area (Å²) in [4.78, 5) is 9.13. The zero-order valence-corrected chi connectivity index (χ0v) is 16.8. The molecule has 0 saturated heterocycles. The monoisotopic (exact) mass is 454 g/mol. The molecular weight excluding hydrogens is 437 g/mol. The van der Waals surface area contributed by atoms with Crippen LogP contribution in [-0.4, -0.2) is 37.2 Å². The molecule has 1 aliphatic heterocycles. The standard InChI is InChI=1S/C19H17F3N4O4S/c20-19(21,22)30-17-2-1-3-18(11-17)31(27,28)26-8-5-15(6-9-26)25-29-13-16-10-14(12-23)4-7-24-16/h1-5,7,10-11,25H,6,8-9,13H2. The Hall–Kier alpha value is -3.14. The van der Waals surface area contributed by atoms with Gasteiger partial charge in [0.25, 0.3) is 0 Å². The molecule has 0 atom stereocenters. The predicted molar refractivity (Wildman–Crippen MR) is 101 cm³/mol. The second-order valence-corrected chi connectivity index (χ2v) is 8.34. The Morgan fingerprint density at radius 1 is 1.26 bits per heavy atom. The first kappa shape index (κ1) is 22.5. The number of hydrogen-bond donors (Lipinski definition) is 1. The number of sulfonamides is 1. The van der Waals surface area contributed by atoms with Gasteiger partial charge in [-0.3, -0.25) is 15.3 Å². The first-order valence-corrected chi connectivity index (χ1v) is 10.4. The van der Waals surface area contributed by atoms with E-state index in [4.69, 9.17) is 10.1 Å². The van der Waals surface area contributed by atoms with E-state index in [9.17, 15) is 21.6 Å². The fourth-order valence-electron chi connectivity index (χ4n) is 2.77. The summed E-state index contributed by atoms with van der Waals surface area (Å²) in [6.45, 7) is 0.221. The highest BCUT2D eigenvalue weighted by Gasteiger charge is 2.32. The summed E-state index contributed by atoms with van der Waals surface area (Å²) in [5.41, 5.74) is 4.38. The third kappa shape index (κ3) is 6.17. The van der Waals surface area contributed by atoms with Crippen molar-refractivity contribution in [2.75, 3.05) is 13.1 Å². The highest BCUT2D eigenvalue weighted by Crippen LogP contribution is 2.27. The zero-order chi connectivity index (χ0) is 22.5. The Morgan fingerprint density at radius 2 is 2.06 bits per heavy atom. The molecule has 0 radical (unpaired) electrons. The number of nitrogens with zero attached hydrogens (tertiary/aromatic N) is 3. The molecule has 1 N–H and O–H groups in total. The molecule has 12 heteroatoms. The van der Waals surface area contributed by atoms with Crippen molar-refractivity contribution in [3.8, 4) is 11.8 Å². The van der Waals surface area contributed by atoms with E-state index in [0.717, 1.165) is 16.4 Å². The lowest BCUT2D eigenvalue weighted by atomic mass is 10.2. The molecule has 3 rings (SSSR count). The van der Waals surface area contributed by atoms with Gasteiger partial charge in [0.1, 0.15) is 12.4 Å². The number of nitrogens with one attached hydrogen (secondary N) is 1. The third-order valence-electron chi connectivity index (χ3n) is 4.22. The molecule has 31 heavy (non-hydrogen) atoms. The number of ether oxygens (including phenoxy) is 1. The van der Waals surface area contributed by atoms with E-state index in [-0.39, 0.29) is 24.6 Å². The van der Waals surface area contributed by atoms with Crippen molar-refractivity contribution in [3.63, 3.8) is 0 Å². The van der Waals surface area contributed by atoms with Gasteiger partial charge in [-0.2, -0.15) is 9.57 Å². The summed E-state index contributed by atoms with van der Waals surface area (Å²) >= 11 is 0. The molecule has 2 aromatic rings. The second-order valence-electron chi connectivity index (χ2n) is 6.40. The van der Waals surface area contributed by atoms with Crippen LogP contribution in [0, 0.1) is 11.3 Å². The largest absolute Gasteiger partial charge is 0.573 e.